The Morgan fingerprint density at radius 2 is 1.93 bits per heavy atom. The van der Waals surface area contributed by atoms with E-state index in [0.717, 1.165) is 33.6 Å². The fraction of sp³-hybridized carbons (Fsp3) is 0.333. The quantitative estimate of drug-likeness (QED) is 0.629. The molecular formula is C21H22N2O3S2. The second-order valence-electron chi connectivity index (χ2n) is 7.15. The molecule has 7 heteroatoms. The Bertz CT molecular complexity index is 1070. The molecule has 1 amide bonds. The van der Waals surface area contributed by atoms with E-state index in [1.807, 2.05) is 36.1 Å². The highest BCUT2D eigenvalue weighted by atomic mass is 32.2. The number of likely N-dealkylation sites (tertiary alicyclic amines) is 1. The lowest BCUT2D eigenvalue weighted by Gasteiger charge is -2.23. The maximum atomic E-state index is 12.8. The van der Waals surface area contributed by atoms with Crippen molar-refractivity contribution in [3.63, 3.8) is 0 Å². The van der Waals surface area contributed by atoms with Gasteiger partial charge in [-0.05, 0) is 44.0 Å². The van der Waals surface area contributed by atoms with E-state index in [2.05, 4.69) is 0 Å². The van der Waals surface area contributed by atoms with E-state index in [1.165, 1.54) is 0 Å². The van der Waals surface area contributed by atoms with Gasteiger partial charge in [0.25, 0.3) is 0 Å². The fourth-order valence-electron chi connectivity index (χ4n) is 3.58. The van der Waals surface area contributed by atoms with Crippen molar-refractivity contribution in [2.24, 2.45) is 0 Å². The number of amides is 1. The average molecular weight is 415 g/mol. The maximum absolute atomic E-state index is 12.8. The topological polar surface area (TPSA) is 67.3 Å². The molecular weight excluding hydrogens is 392 g/mol. The van der Waals surface area contributed by atoms with Crippen molar-refractivity contribution in [3.8, 4) is 0 Å². The first-order valence-electron chi connectivity index (χ1n) is 9.38. The van der Waals surface area contributed by atoms with Gasteiger partial charge in [-0.3, -0.25) is 4.79 Å². The highest BCUT2D eigenvalue weighted by Gasteiger charge is 2.32. The molecule has 3 aromatic rings. The van der Waals surface area contributed by atoms with Crippen molar-refractivity contribution in [1.29, 1.82) is 0 Å². The Hall–Kier alpha value is -2.25. The van der Waals surface area contributed by atoms with Crippen LogP contribution in [-0.4, -0.2) is 36.5 Å². The molecule has 0 N–H and O–H groups in total. The van der Waals surface area contributed by atoms with Gasteiger partial charge in [0.2, 0.25) is 5.91 Å². The first-order chi connectivity index (χ1) is 13.4. The summed E-state index contributed by atoms with van der Waals surface area (Å²) in [6.45, 7) is 2.57. The number of sulfone groups is 1. The number of carbonyl (C=O) groups excluding carboxylic acids is 1. The van der Waals surface area contributed by atoms with Crippen molar-refractivity contribution in [1.82, 2.24) is 9.88 Å². The highest BCUT2D eigenvalue weighted by molar-refractivity contribution is 7.91. The number of thiazole rings is 1. The molecule has 5 nitrogen and oxygen atoms in total. The lowest BCUT2D eigenvalue weighted by molar-refractivity contribution is -0.131. The molecule has 0 aliphatic carbocycles. The third kappa shape index (κ3) is 3.82. The molecule has 2 heterocycles. The van der Waals surface area contributed by atoms with E-state index in [4.69, 9.17) is 4.98 Å². The van der Waals surface area contributed by atoms with Crippen molar-refractivity contribution in [2.45, 2.75) is 37.1 Å². The summed E-state index contributed by atoms with van der Waals surface area (Å²) in [7, 11) is -3.46. The molecule has 0 radical (unpaired) electrons. The molecule has 28 heavy (non-hydrogen) atoms. The molecule has 0 bridgehead atoms. The lowest BCUT2D eigenvalue weighted by Crippen LogP contribution is -2.31. The summed E-state index contributed by atoms with van der Waals surface area (Å²) in [5.41, 5.74) is 1.95. The van der Waals surface area contributed by atoms with E-state index in [9.17, 15) is 13.2 Å². The second-order valence-corrected chi connectivity index (χ2v) is 10.3. The number of aromatic nitrogens is 1. The van der Waals surface area contributed by atoms with Gasteiger partial charge in [-0.2, -0.15) is 0 Å². The van der Waals surface area contributed by atoms with Gasteiger partial charge >= 0.3 is 0 Å². The number of rotatable bonds is 5. The van der Waals surface area contributed by atoms with E-state index in [1.54, 1.807) is 35.6 Å². The third-order valence-electron chi connectivity index (χ3n) is 5.13. The standard InChI is InChI=1S/C21H22N2O3S2/c1-15-8-10-16(11-9-15)28(25,26)14-12-20(24)23-13-4-6-18(23)21-22-17-5-2-3-7-19(17)27-21/h2-3,5,7-11,18H,4,6,12-14H2,1H3. The predicted octanol–water partition coefficient (Wildman–Crippen LogP) is 4.13. The van der Waals surface area contributed by atoms with Crippen LogP contribution < -0.4 is 0 Å². The molecule has 1 atom stereocenters. The molecule has 1 aliphatic heterocycles. The molecule has 1 aliphatic rings. The van der Waals surface area contributed by atoms with Gasteiger partial charge in [0.15, 0.2) is 9.84 Å². The number of para-hydroxylation sites is 1. The van der Waals surface area contributed by atoms with Crippen molar-refractivity contribution < 1.29 is 13.2 Å². The van der Waals surface area contributed by atoms with Crippen LogP contribution in [0.5, 0.6) is 0 Å². The Morgan fingerprint density at radius 1 is 1.18 bits per heavy atom. The molecule has 1 aromatic heterocycles. The zero-order valence-corrected chi connectivity index (χ0v) is 17.3. The summed E-state index contributed by atoms with van der Waals surface area (Å²) in [6.07, 6.45) is 1.78. The van der Waals surface area contributed by atoms with Crippen LogP contribution in [0, 0.1) is 6.92 Å². The zero-order valence-electron chi connectivity index (χ0n) is 15.7. The number of aryl methyl sites for hydroxylation is 1. The van der Waals surface area contributed by atoms with Crippen LogP contribution in [0.25, 0.3) is 10.2 Å². The first kappa shape index (κ1) is 19.1. The van der Waals surface area contributed by atoms with Gasteiger partial charge in [-0.15, -0.1) is 11.3 Å². The Kier molecular flexibility index (Phi) is 5.21. The largest absolute Gasteiger partial charge is 0.333 e. The molecule has 2 aromatic carbocycles. The smallest absolute Gasteiger partial charge is 0.224 e. The molecule has 1 unspecified atom stereocenters. The summed E-state index contributed by atoms with van der Waals surface area (Å²) in [4.78, 5) is 19.6. The van der Waals surface area contributed by atoms with Gasteiger partial charge in [-0.25, -0.2) is 13.4 Å². The SMILES string of the molecule is Cc1ccc(S(=O)(=O)CCC(=O)N2CCCC2c2nc3ccccc3s2)cc1. The van der Waals surface area contributed by atoms with E-state index >= 15 is 0 Å². The Labute approximate surface area is 168 Å². The lowest BCUT2D eigenvalue weighted by atomic mass is 10.2. The van der Waals surface area contributed by atoms with Crippen molar-refractivity contribution in [3.05, 3.63) is 59.1 Å². The zero-order chi connectivity index (χ0) is 19.7. The molecule has 1 saturated heterocycles. The highest BCUT2D eigenvalue weighted by Crippen LogP contribution is 2.36. The van der Waals surface area contributed by atoms with Gasteiger partial charge in [-0.1, -0.05) is 29.8 Å². The number of carbonyl (C=O) groups is 1. The number of nitrogens with zero attached hydrogens (tertiary/aromatic N) is 2. The minimum absolute atomic E-state index is 0.00238. The molecule has 146 valence electrons. The minimum Gasteiger partial charge on any atom is -0.333 e. The van der Waals surface area contributed by atoms with E-state index < -0.39 is 9.84 Å². The number of hydrogen-bond acceptors (Lipinski definition) is 5. The molecule has 4 rings (SSSR count). The van der Waals surface area contributed by atoms with E-state index in [0.29, 0.717) is 6.54 Å². The predicted molar refractivity (Wildman–Crippen MR) is 111 cm³/mol. The maximum Gasteiger partial charge on any atom is 0.224 e. The van der Waals surface area contributed by atoms with Crippen LogP contribution in [0.2, 0.25) is 0 Å². The molecule has 1 fully saturated rings. The van der Waals surface area contributed by atoms with E-state index in [-0.39, 0.29) is 29.0 Å². The Morgan fingerprint density at radius 3 is 2.68 bits per heavy atom. The van der Waals surface area contributed by atoms with Crippen LogP contribution >= 0.6 is 11.3 Å². The summed E-state index contributed by atoms with van der Waals surface area (Å²) in [5, 5.41) is 0.938. The Balaban J connectivity index is 1.47. The van der Waals surface area contributed by atoms with Crippen molar-refractivity contribution in [2.75, 3.05) is 12.3 Å². The summed E-state index contributed by atoms with van der Waals surface area (Å²) in [6, 6.07) is 14.7. The normalized spacial score (nSPS) is 17.3. The second kappa shape index (κ2) is 7.64. The minimum atomic E-state index is -3.46. The summed E-state index contributed by atoms with van der Waals surface area (Å²) >= 11 is 1.61. The number of benzene rings is 2. The van der Waals surface area contributed by atoms with Crippen LogP contribution in [0.1, 0.15) is 35.9 Å². The van der Waals surface area contributed by atoms with Crippen LogP contribution in [0.4, 0.5) is 0 Å². The van der Waals surface area contributed by atoms with Gasteiger partial charge in [0.05, 0.1) is 26.9 Å². The summed E-state index contributed by atoms with van der Waals surface area (Å²) < 4.78 is 26.2. The third-order valence-corrected chi connectivity index (χ3v) is 8.00. The van der Waals surface area contributed by atoms with Gasteiger partial charge in [0, 0.05) is 13.0 Å². The first-order valence-corrected chi connectivity index (χ1v) is 11.9. The van der Waals surface area contributed by atoms with Crippen molar-refractivity contribution >= 4 is 37.3 Å². The fourth-order valence-corrected chi connectivity index (χ4v) is 5.93. The van der Waals surface area contributed by atoms with Gasteiger partial charge < -0.3 is 4.90 Å². The average Bonchev–Trinajstić information content (AvgIpc) is 3.33. The summed E-state index contributed by atoms with van der Waals surface area (Å²) in [5.74, 6) is -0.282. The monoisotopic (exact) mass is 414 g/mol. The number of fused-ring (bicyclic) bond motifs is 1. The molecule has 0 saturated carbocycles. The van der Waals surface area contributed by atoms with Gasteiger partial charge in [0.1, 0.15) is 5.01 Å². The van der Waals surface area contributed by atoms with Crippen LogP contribution in [-0.2, 0) is 14.6 Å². The van der Waals surface area contributed by atoms with Crippen LogP contribution in [0.3, 0.4) is 0 Å². The van der Waals surface area contributed by atoms with Crippen LogP contribution in [0.15, 0.2) is 53.4 Å². The molecule has 0 spiro atoms. The number of hydrogen-bond donors (Lipinski definition) is 0.